The Morgan fingerprint density at radius 3 is 2.64 bits per heavy atom. The van der Waals surface area contributed by atoms with Gasteiger partial charge >= 0.3 is 0 Å². The lowest BCUT2D eigenvalue weighted by Gasteiger charge is -2.25. The van der Waals surface area contributed by atoms with Crippen molar-refractivity contribution >= 4 is 17.7 Å². The molecule has 1 unspecified atom stereocenters. The van der Waals surface area contributed by atoms with Crippen molar-refractivity contribution in [1.29, 1.82) is 0 Å². The smallest absolute Gasteiger partial charge is 0.238 e. The van der Waals surface area contributed by atoms with Gasteiger partial charge in [0.2, 0.25) is 5.91 Å². The Morgan fingerprint density at radius 1 is 1.57 bits per heavy atom. The number of aliphatic hydroxyl groups excluding tert-OH is 1. The molecule has 0 radical (unpaired) electrons. The summed E-state index contributed by atoms with van der Waals surface area (Å²) in [7, 11) is 0. The highest BCUT2D eigenvalue weighted by molar-refractivity contribution is 7.99. The van der Waals surface area contributed by atoms with Crippen molar-refractivity contribution in [2.45, 2.75) is 24.8 Å². The van der Waals surface area contributed by atoms with Crippen LogP contribution < -0.4 is 11.5 Å². The van der Waals surface area contributed by atoms with Crippen LogP contribution >= 0.6 is 11.8 Å². The third-order valence-corrected chi connectivity index (χ3v) is 3.81. The van der Waals surface area contributed by atoms with Gasteiger partial charge in [-0.1, -0.05) is 0 Å². The monoisotopic (exact) mass is 218 g/mol. The van der Waals surface area contributed by atoms with Crippen molar-refractivity contribution in [1.82, 2.24) is 0 Å². The summed E-state index contributed by atoms with van der Waals surface area (Å²) in [6, 6.07) is 0. The second-order valence-corrected chi connectivity index (χ2v) is 4.91. The highest BCUT2D eigenvalue weighted by Crippen LogP contribution is 2.39. The Morgan fingerprint density at radius 2 is 2.21 bits per heavy atom. The van der Waals surface area contributed by atoms with Crippen LogP contribution in [0.3, 0.4) is 0 Å². The molecule has 4 nitrogen and oxygen atoms in total. The first-order valence-electron chi connectivity index (χ1n) is 4.88. The van der Waals surface area contributed by atoms with Gasteiger partial charge in [0, 0.05) is 12.4 Å². The summed E-state index contributed by atoms with van der Waals surface area (Å²) < 4.78 is 0. The summed E-state index contributed by atoms with van der Waals surface area (Å²) in [5.74, 6) is 1.29. The van der Waals surface area contributed by atoms with Gasteiger partial charge in [-0.15, -0.1) is 0 Å². The topological polar surface area (TPSA) is 89.3 Å². The zero-order valence-electron chi connectivity index (χ0n) is 8.24. The fourth-order valence-corrected chi connectivity index (χ4v) is 2.59. The van der Waals surface area contributed by atoms with E-state index in [0.29, 0.717) is 5.75 Å². The number of nitrogens with two attached hydrogens (primary N) is 2. The molecule has 0 bridgehead atoms. The van der Waals surface area contributed by atoms with E-state index >= 15 is 0 Å². The molecule has 0 aliphatic heterocycles. The van der Waals surface area contributed by atoms with Gasteiger partial charge in [-0.3, -0.25) is 4.79 Å². The highest BCUT2D eigenvalue weighted by Gasteiger charge is 2.46. The largest absolute Gasteiger partial charge is 0.396 e. The van der Waals surface area contributed by atoms with Crippen LogP contribution in [0, 0.1) is 5.92 Å². The lowest BCUT2D eigenvalue weighted by Crippen LogP contribution is -2.56. The Kier molecular flexibility index (Phi) is 4.22. The molecule has 1 rings (SSSR count). The number of hydrogen-bond acceptors (Lipinski definition) is 4. The van der Waals surface area contributed by atoms with Crippen LogP contribution in [-0.2, 0) is 4.79 Å². The average molecular weight is 218 g/mol. The van der Waals surface area contributed by atoms with Crippen molar-refractivity contribution in [3.05, 3.63) is 0 Å². The van der Waals surface area contributed by atoms with E-state index < -0.39 is 11.4 Å². The van der Waals surface area contributed by atoms with E-state index in [2.05, 4.69) is 0 Å². The minimum atomic E-state index is -0.819. The lowest BCUT2D eigenvalue weighted by atomic mass is 9.96. The van der Waals surface area contributed by atoms with Gasteiger partial charge in [0.15, 0.2) is 0 Å². The third-order valence-electron chi connectivity index (χ3n) is 2.55. The number of aliphatic hydroxyl groups is 1. The minimum Gasteiger partial charge on any atom is -0.396 e. The molecule has 5 heteroatoms. The molecule has 0 aromatic carbocycles. The first-order valence-corrected chi connectivity index (χ1v) is 6.04. The van der Waals surface area contributed by atoms with Crippen LogP contribution in [0.15, 0.2) is 0 Å². The second-order valence-electron chi connectivity index (χ2n) is 3.81. The molecule has 0 saturated heterocycles. The summed E-state index contributed by atoms with van der Waals surface area (Å²) >= 11 is 1.60. The van der Waals surface area contributed by atoms with Crippen molar-refractivity contribution in [2.75, 3.05) is 18.1 Å². The molecule has 1 aliphatic carbocycles. The molecule has 1 fully saturated rings. The van der Waals surface area contributed by atoms with Crippen molar-refractivity contribution in [3.8, 4) is 0 Å². The molecule has 5 N–H and O–H groups in total. The summed E-state index contributed by atoms with van der Waals surface area (Å²) in [4.78, 5) is 11.2. The number of carbonyl (C=O) groups is 1. The molecule has 0 spiro atoms. The van der Waals surface area contributed by atoms with Gasteiger partial charge in [-0.25, -0.2) is 0 Å². The summed E-state index contributed by atoms with van der Waals surface area (Å²) in [5, 5.41) is 8.59. The Bertz CT molecular complexity index is 209. The zero-order valence-corrected chi connectivity index (χ0v) is 9.05. The maximum atomic E-state index is 11.2. The van der Waals surface area contributed by atoms with Crippen molar-refractivity contribution < 1.29 is 9.90 Å². The van der Waals surface area contributed by atoms with Gasteiger partial charge < -0.3 is 16.6 Å². The Balaban J connectivity index is 2.32. The van der Waals surface area contributed by atoms with E-state index in [1.54, 1.807) is 11.8 Å². The Hall–Kier alpha value is -0.260. The Labute approximate surface area is 88.4 Å². The molecule has 1 atom stereocenters. The molecule has 0 aromatic rings. The number of primary amides is 1. The number of hydrogen-bond donors (Lipinski definition) is 3. The van der Waals surface area contributed by atoms with Crippen LogP contribution in [0.5, 0.6) is 0 Å². The first kappa shape index (κ1) is 11.8. The van der Waals surface area contributed by atoms with Crippen molar-refractivity contribution in [3.63, 3.8) is 0 Å². The normalized spacial score (nSPS) is 20.4. The molecule has 82 valence electrons. The molecule has 14 heavy (non-hydrogen) atoms. The molecule has 0 aromatic heterocycles. The molecule has 0 heterocycles. The van der Waals surface area contributed by atoms with E-state index in [4.69, 9.17) is 16.6 Å². The molecule has 1 amide bonds. The first-order chi connectivity index (χ1) is 6.61. The van der Waals surface area contributed by atoms with Gasteiger partial charge in [0.25, 0.3) is 0 Å². The van der Waals surface area contributed by atoms with Crippen LogP contribution in [-0.4, -0.2) is 34.7 Å². The van der Waals surface area contributed by atoms with Gasteiger partial charge in [0.1, 0.15) is 5.54 Å². The molecule has 1 aliphatic rings. The fourth-order valence-electron chi connectivity index (χ4n) is 1.40. The van der Waals surface area contributed by atoms with Crippen LogP contribution in [0.1, 0.15) is 19.3 Å². The predicted octanol–water partition coefficient (Wildman–Crippen LogP) is -0.305. The summed E-state index contributed by atoms with van der Waals surface area (Å²) in [5.41, 5.74) is 10.5. The zero-order chi connectivity index (χ0) is 10.6. The van der Waals surface area contributed by atoms with Gasteiger partial charge in [0.05, 0.1) is 0 Å². The highest BCUT2D eigenvalue weighted by atomic mass is 32.2. The lowest BCUT2D eigenvalue weighted by molar-refractivity contribution is -0.123. The van der Waals surface area contributed by atoms with Crippen LogP contribution in [0.25, 0.3) is 0 Å². The molecular weight excluding hydrogens is 200 g/mol. The van der Waals surface area contributed by atoms with Gasteiger partial charge in [-0.2, -0.15) is 11.8 Å². The van der Waals surface area contributed by atoms with E-state index in [-0.39, 0.29) is 12.5 Å². The number of thioether (sulfide) groups is 1. The summed E-state index contributed by atoms with van der Waals surface area (Å²) in [6.07, 6.45) is 2.77. The van der Waals surface area contributed by atoms with E-state index in [9.17, 15) is 4.79 Å². The average Bonchev–Trinajstić information content (AvgIpc) is 2.95. The SMILES string of the molecule is NC(=O)C(N)(CSCCCO)C1CC1. The molecule has 1 saturated carbocycles. The number of rotatable bonds is 7. The molecular formula is C9H18N2O2S. The second kappa shape index (κ2) is 5.00. The van der Waals surface area contributed by atoms with Gasteiger partial charge in [-0.05, 0) is 30.9 Å². The van der Waals surface area contributed by atoms with Crippen LogP contribution in [0.4, 0.5) is 0 Å². The number of carbonyl (C=O) groups excluding carboxylic acids is 1. The maximum Gasteiger partial charge on any atom is 0.238 e. The number of amides is 1. The minimum absolute atomic E-state index is 0.185. The van der Waals surface area contributed by atoms with Crippen molar-refractivity contribution in [2.24, 2.45) is 17.4 Å². The fraction of sp³-hybridized carbons (Fsp3) is 0.889. The van der Waals surface area contributed by atoms with E-state index in [1.165, 1.54) is 0 Å². The maximum absolute atomic E-state index is 11.2. The van der Waals surface area contributed by atoms with E-state index in [0.717, 1.165) is 25.0 Å². The summed E-state index contributed by atoms with van der Waals surface area (Å²) in [6.45, 7) is 0.185. The van der Waals surface area contributed by atoms with Crippen LogP contribution in [0.2, 0.25) is 0 Å². The third kappa shape index (κ3) is 2.87. The quantitative estimate of drug-likeness (QED) is 0.512. The predicted molar refractivity (Wildman–Crippen MR) is 57.9 cm³/mol. The standard InChI is InChI=1S/C9H18N2O2S/c10-8(13)9(11,7-2-3-7)6-14-5-1-4-12/h7,12H,1-6,11H2,(H2,10,13). The van der Waals surface area contributed by atoms with E-state index in [1.807, 2.05) is 0 Å².